The molecule has 1 saturated heterocycles. The number of aromatic nitrogens is 1. The lowest BCUT2D eigenvalue weighted by molar-refractivity contribution is 0.0542. The summed E-state index contributed by atoms with van der Waals surface area (Å²) in [6.45, 7) is 1.33. The fraction of sp³-hybridized carbons (Fsp3) is 0.500. The largest absolute Gasteiger partial charge is 0.480 e. The van der Waals surface area contributed by atoms with Crippen LogP contribution in [0.4, 0.5) is 0 Å². The second-order valence-electron chi connectivity index (χ2n) is 3.81. The molecule has 4 nitrogen and oxygen atoms in total. The Morgan fingerprint density at radius 2 is 2.25 bits per heavy atom. The van der Waals surface area contributed by atoms with E-state index in [1.54, 1.807) is 18.3 Å². The number of ketones is 1. The van der Waals surface area contributed by atoms with Crippen molar-refractivity contribution in [2.24, 2.45) is 5.92 Å². The SMILES string of the molecule is COc1ncccc1C(=O)C1CCOCC1. The molecule has 0 saturated carbocycles. The van der Waals surface area contributed by atoms with Gasteiger partial charge in [-0.1, -0.05) is 0 Å². The van der Waals surface area contributed by atoms with Gasteiger partial charge in [-0.3, -0.25) is 4.79 Å². The normalized spacial score (nSPS) is 17.1. The second kappa shape index (κ2) is 5.07. The third-order valence-electron chi connectivity index (χ3n) is 2.82. The van der Waals surface area contributed by atoms with Gasteiger partial charge in [-0.05, 0) is 25.0 Å². The van der Waals surface area contributed by atoms with Gasteiger partial charge in [0.1, 0.15) is 0 Å². The molecule has 0 aromatic carbocycles. The van der Waals surface area contributed by atoms with Crippen LogP contribution in [0.1, 0.15) is 23.2 Å². The molecule has 86 valence electrons. The number of Topliss-reactive ketones (excluding diaryl/α,β-unsaturated/α-hetero) is 1. The Balaban J connectivity index is 2.19. The molecule has 1 aromatic heterocycles. The average Bonchev–Trinajstić information content (AvgIpc) is 2.39. The van der Waals surface area contributed by atoms with E-state index in [-0.39, 0.29) is 11.7 Å². The van der Waals surface area contributed by atoms with Crippen molar-refractivity contribution in [3.8, 4) is 5.88 Å². The van der Waals surface area contributed by atoms with Crippen LogP contribution in [0.15, 0.2) is 18.3 Å². The molecule has 0 spiro atoms. The molecule has 16 heavy (non-hydrogen) atoms. The highest BCUT2D eigenvalue weighted by Crippen LogP contribution is 2.24. The van der Waals surface area contributed by atoms with E-state index in [4.69, 9.17) is 9.47 Å². The first kappa shape index (κ1) is 11.1. The van der Waals surface area contributed by atoms with Gasteiger partial charge in [0, 0.05) is 25.3 Å². The number of nitrogens with zero attached hydrogens (tertiary/aromatic N) is 1. The van der Waals surface area contributed by atoms with E-state index >= 15 is 0 Å². The van der Waals surface area contributed by atoms with Crippen LogP contribution < -0.4 is 4.74 Å². The highest BCUT2D eigenvalue weighted by Gasteiger charge is 2.25. The molecular weight excluding hydrogens is 206 g/mol. The molecule has 1 aliphatic rings. The number of hydrogen-bond acceptors (Lipinski definition) is 4. The summed E-state index contributed by atoms with van der Waals surface area (Å²) in [4.78, 5) is 16.2. The van der Waals surface area contributed by atoms with Crippen LogP contribution in [0.5, 0.6) is 5.88 Å². The fourth-order valence-electron chi connectivity index (χ4n) is 1.92. The lowest BCUT2D eigenvalue weighted by Crippen LogP contribution is -2.24. The van der Waals surface area contributed by atoms with Crippen LogP contribution in [-0.2, 0) is 4.74 Å². The van der Waals surface area contributed by atoms with Gasteiger partial charge < -0.3 is 9.47 Å². The third-order valence-corrected chi connectivity index (χ3v) is 2.82. The minimum atomic E-state index is 0.0480. The van der Waals surface area contributed by atoms with E-state index in [2.05, 4.69) is 4.98 Å². The van der Waals surface area contributed by atoms with Crippen molar-refractivity contribution in [3.05, 3.63) is 23.9 Å². The number of carbonyl (C=O) groups excluding carboxylic acids is 1. The van der Waals surface area contributed by atoms with Crippen LogP contribution in [0.3, 0.4) is 0 Å². The van der Waals surface area contributed by atoms with Crippen LogP contribution in [0.25, 0.3) is 0 Å². The third kappa shape index (κ3) is 2.22. The Bertz CT molecular complexity index is 372. The first-order valence-corrected chi connectivity index (χ1v) is 5.44. The molecule has 4 heteroatoms. The molecule has 2 rings (SSSR count). The van der Waals surface area contributed by atoms with Crippen molar-refractivity contribution in [2.45, 2.75) is 12.8 Å². The molecule has 0 aliphatic carbocycles. The van der Waals surface area contributed by atoms with E-state index in [0.29, 0.717) is 24.7 Å². The van der Waals surface area contributed by atoms with Crippen molar-refractivity contribution in [2.75, 3.05) is 20.3 Å². The van der Waals surface area contributed by atoms with Crippen LogP contribution >= 0.6 is 0 Å². The summed E-state index contributed by atoms with van der Waals surface area (Å²) in [6.07, 6.45) is 3.20. The molecule has 0 N–H and O–H groups in total. The van der Waals surface area contributed by atoms with Gasteiger partial charge in [0.25, 0.3) is 0 Å². The molecule has 0 amide bonds. The quantitative estimate of drug-likeness (QED) is 0.729. The topological polar surface area (TPSA) is 48.4 Å². The Labute approximate surface area is 94.6 Å². The zero-order chi connectivity index (χ0) is 11.4. The molecule has 1 fully saturated rings. The van der Waals surface area contributed by atoms with Crippen molar-refractivity contribution < 1.29 is 14.3 Å². The summed E-state index contributed by atoms with van der Waals surface area (Å²) in [5.41, 5.74) is 0.580. The average molecular weight is 221 g/mol. The van der Waals surface area contributed by atoms with E-state index < -0.39 is 0 Å². The van der Waals surface area contributed by atoms with Gasteiger partial charge in [0.2, 0.25) is 5.88 Å². The summed E-state index contributed by atoms with van der Waals surface area (Å²) < 4.78 is 10.3. The molecule has 1 aromatic rings. The first-order valence-electron chi connectivity index (χ1n) is 5.44. The predicted molar refractivity (Wildman–Crippen MR) is 58.7 cm³/mol. The van der Waals surface area contributed by atoms with E-state index in [9.17, 15) is 4.79 Å². The van der Waals surface area contributed by atoms with Crippen molar-refractivity contribution in [1.82, 2.24) is 4.98 Å². The van der Waals surface area contributed by atoms with Crippen molar-refractivity contribution in [3.63, 3.8) is 0 Å². The molecule has 0 atom stereocenters. The number of ether oxygens (including phenoxy) is 2. The first-order chi connectivity index (χ1) is 7.83. The van der Waals surface area contributed by atoms with E-state index in [0.717, 1.165) is 12.8 Å². The maximum absolute atomic E-state index is 12.2. The monoisotopic (exact) mass is 221 g/mol. The minimum Gasteiger partial charge on any atom is -0.480 e. The lowest BCUT2D eigenvalue weighted by Gasteiger charge is -2.21. The van der Waals surface area contributed by atoms with E-state index in [1.165, 1.54) is 7.11 Å². The zero-order valence-corrected chi connectivity index (χ0v) is 9.31. The van der Waals surface area contributed by atoms with Gasteiger partial charge in [-0.25, -0.2) is 4.98 Å². The highest BCUT2D eigenvalue weighted by molar-refractivity contribution is 5.99. The molecule has 2 heterocycles. The number of pyridine rings is 1. The molecule has 0 unspecified atom stereocenters. The Hall–Kier alpha value is -1.42. The summed E-state index contributed by atoms with van der Waals surface area (Å²) in [5, 5.41) is 0. The molecule has 0 radical (unpaired) electrons. The zero-order valence-electron chi connectivity index (χ0n) is 9.31. The molecule has 0 bridgehead atoms. The minimum absolute atomic E-state index is 0.0480. The van der Waals surface area contributed by atoms with Crippen molar-refractivity contribution in [1.29, 1.82) is 0 Å². The Morgan fingerprint density at radius 3 is 2.94 bits per heavy atom. The Morgan fingerprint density at radius 1 is 1.50 bits per heavy atom. The van der Waals surface area contributed by atoms with Crippen LogP contribution in [-0.4, -0.2) is 31.1 Å². The highest BCUT2D eigenvalue weighted by atomic mass is 16.5. The number of methoxy groups -OCH3 is 1. The van der Waals surface area contributed by atoms with Gasteiger partial charge >= 0.3 is 0 Å². The number of rotatable bonds is 3. The van der Waals surface area contributed by atoms with Gasteiger partial charge in [-0.2, -0.15) is 0 Å². The van der Waals surface area contributed by atoms with Crippen LogP contribution in [0.2, 0.25) is 0 Å². The number of carbonyl (C=O) groups is 1. The predicted octanol–water partition coefficient (Wildman–Crippen LogP) is 1.70. The number of hydrogen-bond donors (Lipinski definition) is 0. The summed E-state index contributed by atoms with van der Waals surface area (Å²) in [6, 6.07) is 3.53. The molecule has 1 aliphatic heterocycles. The van der Waals surface area contributed by atoms with Gasteiger partial charge in [0.05, 0.1) is 12.7 Å². The van der Waals surface area contributed by atoms with Crippen molar-refractivity contribution >= 4 is 5.78 Å². The maximum atomic E-state index is 12.2. The summed E-state index contributed by atoms with van der Waals surface area (Å²) >= 11 is 0. The smallest absolute Gasteiger partial charge is 0.224 e. The van der Waals surface area contributed by atoms with Crippen LogP contribution in [0, 0.1) is 5.92 Å². The lowest BCUT2D eigenvalue weighted by atomic mass is 9.91. The second-order valence-corrected chi connectivity index (χ2v) is 3.81. The standard InChI is InChI=1S/C12H15NO3/c1-15-12-10(3-2-6-13-12)11(14)9-4-7-16-8-5-9/h2-3,6,9H,4-5,7-8H2,1H3. The summed E-state index contributed by atoms with van der Waals surface area (Å²) in [5.74, 6) is 0.582. The Kier molecular flexibility index (Phi) is 3.51. The van der Waals surface area contributed by atoms with E-state index in [1.807, 2.05) is 0 Å². The summed E-state index contributed by atoms with van der Waals surface area (Å²) in [7, 11) is 1.53. The fourth-order valence-corrected chi connectivity index (χ4v) is 1.92. The maximum Gasteiger partial charge on any atom is 0.224 e. The van der Waals surface area contributed by atoms with Gasteiger partial charge in [-0.15, -0.1) is 0 Å². The molecular formula is C12H15NO3. The van der Waals surface area contributed by atoms with Gasteiger partial charge in [0.15, 0.2) is 5.78 Å².